The first kappa shape index (κ1) is 27.9. The standard InChI is InChI=1S/2C8H11N.CHF3O3S.H2I/c2*1-6-4-7(2)9-8(3)5-6;2-1(3,4)8(5,6)7;/h2*4-5H,1-3H3;(H,5,6,7);1H2/q;;;+1/p-1. The van der Waals surface area contributed by atoms with Crippen LogP contribution in [0.3, 0.4) is 0 Å². The van der Waals surface area contributed by atoms with Gasteiger partial charge in [-0.3, -0.25) is 9.97 Å². The summed E-state index contributed by atoms with van der Waals surface area (Å²) in [5, 5.41) is 0. The monoisotopic (exact) mass is 520 g/mol. The van der Waals surface area contributed by atoms with Crippen molar-refractivity contribution in [3.63, 3.8) is 0 Å². The Bertz CT molecular complexity index is 691. The maximum atomic E-state index is 10.7. The van der Waals surface area contributed by atoms with Gasteiger partial charge in [-0.05, 0) is 76.9 Å². The van der Waals surface area contributed by atoms with Crippen molar-refractivity contribution in [1.82, 2.24) is 9.97 Å². The van der Waals surface area contributed by atoms with Crippen LogP contribution in [0.2, 0.25) is 0 Å². The van der Waals surface area contributed by atoms with Crippen LogP contribution in [0.1, 0.15) is 33.9 Å². The van der Waals surface area contributed by atoms with E-state index < -0.39 is 15.6 Å². The third-order valence-corrected chi connectivity index (χ3v) is 3.30. The van der Waals surface area contributed by atoms with E-state index in [1.165, 1.54) is 11.1 Å². The van der Waals surface area contributed by atoms with Crippen molar-refractivity contribution >= 4 is 10.1 Å². The first-order valence-electron chi connectivity index (χ1n) is 7.47. The molecule has 10 heteroatoms. The molecule has 0 bridgehead atoms. The highest BCUT2D eigenvalue weighted by Crippen LogP contribution is 2.20. The molecule has 0 saturated heterocycles. The fourth-order valence-corrected chi connectivity index (χ4v) is 2.09. The average Bonchev–Trinajstić information content (AvgIpc) is 2.33. The second kappa shape index (κ2) is 11.5. The predicted octanol–water partition coefficient (Wildman–Crippen LogP) is 0.534. The lowest BCUT2D eigenvalue weighted by molar-refractivity contribution is -0.0518. The van der Waals surface area contributed by atoms with Crippen LogP contribution in [0.15, 0.2) is 24.3 Å². The highest BCUT2D eigenvalue weighted by atomic mass is 127. The second-order valence-electron chi connectivity index (χ2n) is 5.75. The third kappa shape index (κ3) is 12.7. The Labute approximate surface area is 175 Å². The van der Waals surface area contributed by atoms with Gasteiger partial charge in [0.2, 0.25) is 24.0 Å². The zero-order chi connectivity index (χ0) is 20.7. The molecule has 0 radical (unpaired) electrons. The predicted molar refractivity (Wildman–Crippen MR) is 95.4 cm³/mol. The van der Waals surface area contributed by atoms with E-state index in [0.29, 0.717) is 0 Å². The molecule has 0 aliphatic heterocycles. The number of pyridine rings is 2. The molecule has 5 nitrogen and oxygen atoms in total. The molecule has 0 fully saturated rings. The van der Waals surface area contributed by atoms with Crippen LogP contribution in [0.5, 0.6) is 0 Å². The molecule has 2 rings (SSSR count). The Morgan fingerprint density at radius 1 is 0.741 bits per heavy atom. The molecule has 0 unspecified atom stereocenters. The molecule has 0 saturated carbocycles. The molecule has 0 spiro atoms. The van der Waals surface area contributed by atoms with Crippen LogP contribution in [0.25, 0.3) is 0 Å². The number of alkyl halides is 3. The minimum absolute atomic E-state index is 0. The van der Waals surface area contributed by atoms with Gasteiger partial charge in [0.15, 0.2) is 10.1 Å². The van der Waals surface area contributed by atoms with Gasteiger partial charge in [0.1, 0.15) is 0 Å². The first-order chi connectivity index (χ1) is 11.6. The largest absolute Gasteiger partial charge is 0.741 e. The summed E-state index contributed by atoms with van der Waals surface area (Å²) in [6.07, 6.45) is 0. The second-order valence-corrected chi connectivity index (χ2v) is 7.13. The number of nitrogens with zero attached hydrogens (tertiary/aromatic N) is 2. The minimum Gasteiger partial charge on any atom is -0.741 e. The van der Waals surface area contributed by atoms with Crippen LogP contribution >= 0.6 is 0 Å². The van der Waals surface area contributed by atoms with E-state index in [2.05, 4.69) is 48.1 Å². The Hall–Kier alpha value is -1.27. The average molecular weight is 520 g/mol. The number of hydrogen-bond donors (Lipinski definition) is 0. The number of halogens is 4. The molecule has 0 N–H and O–H groups in total. The van der Waals surface area contributed by atoms with Crippen LogP contribution in [-0.4, -0.2) is 28.4 Å². The molecular weight excluding hydrogens is 496 g/mol. The van der Waals surface area contributed by atoms with E-state index in [1.807, 2.05) is 27.7 Å². The fraction of sp³-hybridized carbons (Fsp3) is 0.412. The Morgan fingerprint density at radius 2 is 0.926 bits per heavy atom. The number of hydrogen-bond acceptors (Lipinski definition) is 5. The molecule has 0 atom stereocenters. The summed E-state index contributed by atoms with van der Waals surface area (Å²) >= 11 is 0. The summed E-state index contributed by atoms with van der Waals surface area (Å²) in [6.45, 7) is 12.2. The van der Waals surface area contributed by atoms with Gasteiger partial charge in [0.05, 0.1) is 0 Å². The van der Waals surface area contributed by atoms with Crippen LogP contribution in [0.4, 0.5) is 13.2 Å². The topological polar surface area (TPSA) is 83.0 Å². The highest BCUT2D eigenvalue weighted by molar-refractivity contribution is 7.86. The summed E-state index contributed by atoms with van der Waals surface area (Å²) in [4.78, 5) is 8.47. The van der Waals surface area contributed by atoms with E-state index in [9.17, 15) is 13.2 Å². The van der Waals surface area contributed by atoms with E-state index in [0.717, 1.165) is 22.8 Å². The van der Waals surface area contributed by atoms with Gasteiger partial charge in [-0.15, -0.1) is 0 Å². The molecule has 2 aromatic heterocycles. The van der Waals surface area contributed by atoms with Crippen molar-refractivity contribution in [2.45, 2.75) is 47.1 Å². The summed E-state index contributed by atoms with van der Waals surface area (Å²) in [5.74, 6) is 0. The van der Waals surface area contributed by atoms with Gasteiger partial charge >= 0.3 is 5.51 Å². The quantitative estimate of drug-likeness (QED) is 0.288. The summed E-state index contributed by atoms with van der Waals surface area (Å²) in [5.41, 5.74) is 1.35. The first-order valence-corrected chi connectivity index (χ1v) is 8.88. The van der Waals surface area contributed by atoms with Gasteiger partial charge in [0.25, 0.3) is 0 Å². The number of rotatable bonds is 0. The molecule has 0 aliphatic rings. The van der Waals surface area contributed by atoms with Gasteiger partial charge in [-0.25, -0.2) is 8.42 Å². The van der Waals surface area contributed by atoms with Gasteiger partial charge in [-0.1, -0.05) is 0 Å². The third-order valence-electron chi connectivity index (χ3n) is 2.74. The Kier molecular flexibility index (Phi) is 11.9. The maximum absolute atomic E-state index is 10.7. The fourth-order valence-electron chi connectivity index (χ4n) is 2.09. The number of aromatic nitrogens is 2. The molecule has 0 aliphatic carbocycles. The normalized spacial score (nSPS) is 10.6. The lowest BCUT2D eigenvalue weighted by Crippen LogP contribution is -3.00. The molecule has 154 valence electrons. The van der Waals surface area contributed by atoms with Crippen molar-refractivity contribution in [2.24, 2.45) is 0 Å². The molecular formula is C17H24F3IN2O3S. The van der Waals surface area contributed by atoms with Crippen molar-refractivity contribution in [1.29, 1.82) is 0 Å². The summed E-state index contributed by atoms with van der Waals surface area (Å²) in [6, 6.07) is 8.31. The SMILES string of the molecule is Cc1cc(C)nc(C)c1.Cc1cc(C)nc(C)c1.O=S(=O)([O-])C(F)(F)F.[IH2+]. The lowest BCUT2D eigenvalue weighted by atomic mass is 10.2. The highest BCUT2D eigenvalue weighted by Gasteiger charge is 2.36. The lowest BCUT2D eigenvalue weighted by Gasteiger charge is -2.08. The van der Waals surface area contributed by atoms with Crippen LogP contribution in [-0.2, 0) is 10.1 Å². The van der Waals surface area contributed by atoms with Crippen molar-refractivity contribution in [2.75, 3.05) is 0 Å². The molecule has 0 amide bonds. The van der Waals surface area contributed by atoms with Gasteiger partial charge < -0.3 is 4.55 Å². The smallest absolute Gasteiger partial charge is 0.485 e. The minimum atomic E-state index is -6.09. The number of aryl methyl sites for hydroxylation is 6. The van der Waals surface area contributed by atoms with Crippen molar-refractivity contribution < 1.29 is 50.1 Å². The van der Waals surface area contributed by atoms with Gasteiger partial charge in [0, 0.05) is 22.8 Å². The van der Waals surface area contributed by atoms with Crippen molar-refractivity contribution in [3.8, 4) is 0 Å². The summed E-state index contributed by atoms with van der Waals surface area (Å²) in [7, 11) is -6.09. The Morgan fingerprint density at radius 3 is 1.04 bits per heavy atom. The zero-order valence-electron chi connectivity index (χ0n) is 15.9. The van der Waals surface area contributed by atoms with Crippen LogP contribution in [0, 0.1) is 41.5 Å². The summed E-state index contributed by atoms with van der Waals surface area (Å²) < 4.78 is 58.9. The van der Waals surface area contributed by atoms with Crippen molar-refractivity contribution in [3.05, 3.63) is 58.2 Å². The Balaban J connectivity index is 0. The van der Waals surface area contributed by atoms with Crippen LogP contribution < -0.4 is 24.0 Å². The van der Waals surface area contributed by atoms with E-state index >= 15 is 0 Å². The van der Waals surface area contributed by atoms with E-state index in [1.54, 1.807) is 0 Å². The van der Waals surface area contributed by atoms with Gasteiger partial charge in [-0.2, -0.15) is 13.2 Å². The molecule has 27 heavy (non-hydrogen) atoms. The molecule has 0 aromatic carbocycles. The molecule has 2 aromatic rings. The maximum Gasteiger partial charge on any atom is 0.485 e. The van der Waals surface area contributed by atoms with E-state index in [-0.39, 0.29) is 24.0 Å². The van der Waals surface area contributed by atoms with E-state index in [4.69, 9.17) is 13.0 Å². The zero-order valence-corrected chi connectivity index (χ0v) is 19.3. The molecule has 2 heterocycles.